The number of alkyl halides is 1. The van der Waals surface area contributed by atoms with Crippen molar-refractivity contribution < 1.29 is 5.11 Å². The zero-order valence-electron chi connectivity index (χ0n) is 5.70. The molecule has 0 aromatic rings. The Hall–Kier alpha value is 0.180. The Labute approximate surface area is 69.3 Å². The first kappa shape index (κ1) is 6.86. The molecule has 10 heavy (non-hydrogen) atoms. The van der Waals surface area contributed by atoms with Crippen molar-refractivity contribution in [2.45, 2.75) is 23.8 Å². The van der Waals surface area contributed by atoms with Gasteiger partial charge in [-0.05, 0) is 18.8 Å². The van der Waals surface area contributed by atoms with Crippen LogP contribution in [0, 0.1) is 11.8 Å². The van der Waals surface area contributed by atoms with E-state index in [1.165, 1.54) is 12.8 Å². The van der Waals surface area contributed by atoms with Crippen molar-refractivity contribution in [2.24, 2.45) is 11.8 Å². The zero-order chi connectivity index (χ0) is 7.14. The minimum absolute atomic E-state index is 0.135. The summed E-state index contributed by atoms with van der Waals surface area (Å²) in [6, 6.07) is 0. The lowest BCUT2D eigenvalue weighted by Crippen LogP contribution is -2.41. The second kappa shape index (κ2) is 2.35. The molecule has 0 heterocycles. The first-order valence-corrected chi connectivity index (χ1v) is 4.71. The number of fused-ring (bicyclic) bond motifs is 2. The molecule has 1 N–H and O–H groups in total. The fourth-order valence-electron chi connectivity index (χ4n) is 1.90. The SMILES string of the molecule is OC1C2C=CC(CC2)C1Br. The van der Waals surface area contributed by atoms with E-state index in [1.54, 1.807) is 0 Å². The van der Waals surface area contributed by atoms with E-state index in [4.69, 9.17) is 0 Å². The van der Waals surface area contributed by atoms with Crippen molar-refractivity contribution in [1.82, 2.24) is 0 Å². The van der Waals surface area contributed by atoms with Gasteiger partial charge in [-0.3, -0.25) is 0 Å². The van der Waals surface area contributed by atoms with Crippen LogP contribution >= 0.6 is 15.9 Å². The van der Waals surface area contributed by atoms with Crippen LogP contribution in [0.1, 0.15) is 12.8 Å². The van der Waals surface area contributed by atoms with Gasteiger partial charge in [-0.1, -0.05) is 28.1 Å². The lowest BCUT2D eigenvalue weighted by atomic mass is 9.74. The third-order valence-corrected chi connectivity index (χ3v) is 3.83. The Morgan fingerprint density at radius 3 is 2.10 bits per heavy atom. The summed E-state index contributed by atoms with van der Waals surface area (Å²) in [5, 5.41) is 9.57. The minimum Gasteiger partial charge on any atom is -0.391 e. The van der Waals surface area contributed by atoms with E-state index in [1.807, 2.05) is 0 Å². The van der Waals surface area contributed by atoms with Crippen molar-refractivity contribution in [3.8, 4) is 0 Å². The molecule has 0 saturated heterocycles. The van der Waals surface area contributed by atoms with Gasteiger partial charge in [0, 0.05) is 10.7 Å². The Balaban J connectivity index is 2.25. The second-order valence-electron chi connectivity index (χ2n) is 3.22. The number of allylic oxidation sites excluding steroid dienone is 1. The smallest absolute Gasteiger partial charge is 0.0733 e. The molecule has 0 aliphatic heterocycles. The Bertz CT molecular complexity index is 149. The van der Waals surface area contributed by atoms with Crippen molar-refractivity contribution in [1.29, 1.82) is 0 Å². The maximum Gasteiger partial charge on any atom is 0.0733 e. The van der Waals surface area contributed by atoms with Crippen LogP contribution in [-0.4, -0.2) is 16.0 Å². The molecule has 3 rings (SSSR count). The summed E-state index contributed by atoms with van der Waals surface area (Å²) in [4.78, 5) is 0.316. The molecule has 4 unspecified atom stereocenters. The third-order valence-electron chi connectivity index (χ3n) is 2.61. The van der Waals surface area contributed by atoms with Gasteiger partial charge in [0.2, 0.25) is 0 Å². The van der Waals surface area contributed by atoms with Crippen LogP contribution in [0.25, 0.3) is 0 Å². The molecule has 0 aromatic heterocycles. The van der Waals surface area contributed by atoms with Gasteiger partial charge < -0.3 is 5.11 Å². The number of hydrogen-bond acceptors (Lipinski definition) is 1. The van der Waals surface area contributed by atoms with Gasteiger partial charge in [-0.2, -0.15) is 0 Å². The fraction of sp³-hybridized carbons (Fsp3) is 0.750. The van der Waals surface area contributed by atoms with Gasteiger partial charge in [0.1, 0.15) is 0 Å². The van der Waals surface area contributed by atoms with Crippen LogP contribution in [0.5, 0.6) is 0 Å². The maximum absolute atomic E-state index is 9.57. The van der Waals surface area contributed by atoms with E-state index < -0.39 is 0 Å². The summed E-state index contributed by atoms with van der Waals surface area (Å²) in [5.74, 6) is 1.01. The van der Waals surface area contributed by atoms with E-state index in [9.17, 15) is 5.11 Å². The summed E-state index contributed by atoms with van der Waals surface area (Å²) < 4.78 is 0. The monoisotopic (exact) mass is 202 g/mol. The fourth-order valence-corrected chi connectivity index (χ4v) is 2.73. The van der Waals surface area contributed by atoms with Crippen molar-refractivity contribution in [2.75, 3.05) is 0 Å². The van der Waals surface area contributed by atoms with Crippen molar-refractivity contribution >= 4 is 15.9 Å². The lowest BCUT2D eigenvalue weighted by Gasteiger charge is -2.39. The van der Waals surface area contributed by atoms with Gasteiger partial charge in [0.25, 0.3) is 0 Å². The highest BCUT2D eigenvalue weighted by Gasteiger charge is 2.37. The zero-order valence-corrected chi connectivity index (χ0v) is 7.29. The third kappa shape index (κ3) is 0.857. The van der Waals surface area contributed by atoms with E-state index in [0.29, 0.717) is 16.7 Å². The van der Waals surface area contributed by atoms with Gasteiger partial charge in [0.15, 0.2) is 0 Å². The average Bonchev–Trinajstić information content (AvgIpc) is 2.00. The molecule has 1 fully saturated rings. The molecule has 56 valence electrons. The molecule has 0 radical (unpaired) electrons. The highest BCUT2D eigenvalue weighted by atomic mass is 79.9. The van der Waals surface area contributed by atoms with Crippen LogP contribution in [0.3, 0.4) is 0 Å². The van der Waals surface area contributed by atoms with Gasteiger partial charge in [0.05, 0.1) is 6.10 Å². The Kier molecular flexibility index (Phi) is 1.61. The molecular weight excluding hydrogens is 192 g/mol. The maximum atomic E-state index is 9.57. The topological polar surface area (TPSA) is 20.2 Å². The Morgan fingerprint density at radius 2 is 1.80 bits per heavy atom. The van der Waals surface area contributed by atoms with Crippen LogP contribution in [0.2, 0.25) is 0 Å². The van der Waals surface area contributed by atoms with E-state index >= 15 is 0 Å². The predicted octanol–water partition coefficient (Wildman–Crippen LogP) is 1.71. The average molecular weight is 203 g/mol. The molecule has 2 heteroatoms. The van der Waals surface area contributed by atoms with Crippen LogP contribution in [0.4, 0.5) is 0 Å². The molecule has 3 aliphatic carbocycles. The Morgan fingerprint density at radius 1 is 1.20 bits per heavy atom. The van der Waals surface area contributed by atoms with Crippen LogP contribution in [0.15, 0.2) is 12.2 Å². The summed E-state index contributed by atoms with van der Waals surface area (Å²) in [7, 11) is 0. The number of halogens is 1. The van der Waals surface area contributed by atoms with Crippen LogP contribution in [-0.2, 0) is 0 Å². The summed E-state index contributed by atoms with van der Waals surface area (Å²) in [6.07, 6.45) is 6.68. The quantitative estimate of drug-likeness (QED) is 0.469. The molecule has 0 spiro atoms. The highest BCUT2D eigenvalue weighted by molar-refractivity contribution is 9.09. The van der Waals surface area contributed by atoms with Crippen molar-refractivity contribution in [3.63, 3.8) is 0 Å². The van der Waals surface area contributed by atoms with E-state index in [-0.39, 0.29) is 6.10 Å². The number of rotatable bonds is 0. The predicted molar refractivity (Wildman–Crippen MR) is 44.1 cm³/mol. The van der Waals surface area contributed by atoms with E-state index in [2.05, 4.69) is 28.1 Å². The normalized spacial score (nSPS) is 51.8. The van der Waals surface area contributed by atoms with Gasteiger partial charge in [-0.25, -0.2) is 0 Å². The number of aliphatic hydroxyl groups is 1. The molecule has 3 aliphatic rings. The molecule has 1 nitrogen and oxygen atoms in total. The minimum atomic E-state index is -0.135. The molecule has 4 atom stereocenters. The highest BCUT2D eigenvalue weighted by Crippen LogP contribution is 2.39. The molecule has 2 bridgehead atoms. The number of hydrogen-bond donors (Lipinski definition) is 1. The lowest BCUT2D eigenvalue weighted by molar-refractivity contribution is 0.0763. The van der Waals surface area contributed by atoms with Crippen LogP contribution < -0.4 is 0 Å². The second-order valence-corrected chi connectivity index (χ2v) is 4.28. The van der Waals surface area contributed by atoms with E-state index in [0.717, 1.165) is 0 Å². The summed E-state index contributed by atoms with van der Waals surface area (Å²) in [5.41, 5.74) is 0. The van der Waals surface area contributed by atoms with Gasteiger partial charge in [-0.15, -0.1) is 0 Å². The summed E-state index contributed by atoms with van der Waals surface area (Å²) >= 11 is 3.51. The summed E-state index contributed by atoms with van der Waals surface area (Å²) in [6.45, 7) is 0. The largest absolute Gasteiger partial charge is 0.391 e. The molecule has 1 saturated carbocycles. The molecular formula is C8H11BrO. The first-order valence-electron chi connectivity index (χ1n) is 3.79. The standard InChI is InChI=1S/C8H11BrO/c9-7-5-1-3-6(4-2-5)8(7)10/h1,3,5-8,10H,2,4H2. The molecule has 0 amide bonds. The first-order chi connectivity index (χ1) is 4.79. The number of aliphatic hydroxyl groups excluding tert-OH is 1. The molecule has 0 aromatic carbocycles. The van der Waals surface area contributed by atoms with Crippen molar-refractivity contribution in [3.05, 3.63) is 12.2 Å². The van der Waals surface area contributed by atoms with Gasteiger partial charge >= 0.3 is 0 Å².